The highest BCUT2D eigenvalue weighted by Crippen LogP contribution is 1.78. The lowest BCUT2D eigenvalue weighted by Crippen LogP contribution is -2.28. The van der Waals surface area contributed by atoms with E-state index in [1.54, 1.807) is 27.9 Å². The van der Waals surface area contributed by atoms with Gasteiger partial charge in [0.1, 0.15) is 0 Å². The van der Waals surface area contributed by atoms with Gasteiger partial charge in [0.25, 0.3) is 11.1 Å². The van der Waals surface area contributed by atoms with Crippen LogP contribution in [0, 0.1) is 13.8 Å². The minimum atomic E-state index is -0.379. The molecule has 0 aliphatic rings. The molecule has 0 aliphatic carbocycles. The molecule has 0 bridgehead atoms. The summed E-state index contributed by atoms with van der Waals surface area (Å²) in [6.45, 7) is 3.30. The highest BCUT2D eigenvalue weighted by Gasteiger charge is 1.94. The summed E-state index contributed by atoms with van der Waals surface area (Å²) in [5.74, 6) is 0. The number of H-pyrrole nitrogens is 2. The molecule has 108 valence electrons. The molecule has 0 radical (unpaired) electrons. The van der Waals surface area contributed by atoms with Crippen LogP contribution in [-0.2, 0) is 14.1 Å². The lowest BCUT2D eigenvalue weighted by molar-refractivity contribution is 0.789. The molecule has 2 heterocycles. The monoisotopic (exact) mass is 280 g/mol. The van der Waals surface area contributed by atoms with Gasteiger partial charge in [-0.2, -0.15) is 0 Å². The molecule has 0 unspecified atom stereocenters. The van der Waals surface area contributed by atoms with E-state index in [2.05, 4.69) is 9.97 Å². The average Bonchev–Trinajstić information content (AvgIpc) is 2.35. The van der Waals surface area contributed by atoms with Crippen molar-refractivity contribution in [2.24, 2.45) is 14.1 Å². The molecular formula is C12H16N4O4. The van der Waals surface area contributed by atoms with Gasteiger partial charge in [0.2, 0.25) is 0 Å². The van der Waals surface area contributed by atoms with Crippen molar-refractivity contribution in [1.29, 1.82) is 0 Å². The summed E-state index contributed by atoms with van der Waals surface area (Å²) in [5.41, 5.74) is -0.304. The first-order valence-corrected chi connectivity index (χ1v) is 5.75. The molecule has 0 aliphatic heterocycles. The zero-order valence-electron chi connectivity index (χ0n) is 11.7. The van der Waals surface area contributed by atoms with Gasteiger partial charge in [-0.25, -0.2) is 9.59 Å². The number of nitrogens with zero attached hydrogens (tertiary/aromatic N) is 2. The maximum Gasteiger partial charge on any atom is 0.328 e. The van der Waals surface area contributed by atoms with Gasteiger partial charge in [0.05, 0.1) is 0 Å². The smallest absolute Gasteiger partial charge is 0.303 e. The molecule has 0 aromatic carbocycles. The number of rotatable bonds is 0. The Balaban J connectivity index is 0.000000200. The first-order valence-electron chi connectivity index (χ1n) is 5.75. The highest BCUT2D eigenvalue weighted by molar-refractivity contribution is 5.00. The Morgan fingerprint density at radius 2 is 1.05 bits per heavy atom. The van der Waals surface area contributed by atoms with E-state index in [4.69, 9.17) is 0 Å². The molecule has 0 spiro atoms. The molecule has 2 aromatic heterocycles. The number of aromatic amines is 2. The molecule has 0 amide bonds. The third-order valence-electron chi connectivity index (χ3n) is 2.57. The lowest BCUT2D eigenvalue weighted by atomic mass is 10.4. The summed E-state index contributed by atoms with van der Waals surface area (Å²) >= 11 is 0. The van der Waals surface area contributed by atoms with Crippen molar-refractivity contribution < 1.29 is 0 Å². The molecule has 0 saturated carbocycles. The fourth-order valence-corrected chi connectivity index (χ4v) is 1.38. The Morgan fingerprint density at radius 3 is 1.30 bits per heavy atom. The van der Waals surface area contributed by atoms with Gasteiger partial charge >= 0.3 is 11.4 Å². The summed E-state index contributed by atoms with van der Waals surface area (Å²) in [4.78, 5) is 47.2. The minimum absolute atomic E-state index is 0.317. The summed E-state index contributed by atoms with van der Waals surface area (Å²) in [5, 5.41) is 0. The predicted molar refractivity (Wildman–Crippen MR) is 74.1 cm³/mol. The zero-order chi connectivity index (χ0) is 15.4. The average molecular weight is 280 g/mol. The predicted octanol–water partition coefficient (Wildman–Crippen LogP) is -1.24. The van der Waals surface area contributed by atoms with Crippen molar-refractivity contribution in [3.05, 3.63) is 65.2 Å². The Bertz CT molecular complexity index is 704. The number of nitrogens with one attached hydrogen (secondary N) is 2. The van der Waals surface area contributed by atoms with Crippen LogP contribution in [-0.4, -0.2) is 19.1 Å². The van der Waals surface area contributed by atoms with E-state index in [0.717, 1.165) is 0 Å². The third kappa shape index (κ3) is 3.67. The fraction of sp³-hybridized carbons (Fsp3) is 0.333. The van der Waals surface area contributed by atoms with Gasteiger partial charge in [-0.3, -0.25) is 19.6 Å². The van der Waals surface area contributed by atoms with E-state index >= 15 is 0 Å². The van der Waals surface area contributed by atoms with Crippen LogP contribution in [0.2, 0.25) is 0 Å². The van der Waals surface area contributed by atoms with E-state index in [-0.39, 0.29) is 22.5 Å². The van der Waals surface area contributed by atoms with Gasteiger partial charge in [-0.05, 0) is 13.8 Å². The number of aryl methyl sites for hydroxylation is 4. The Morgan fingerprint density at radius 1 is 0.750 bits per heavy atom. The highest BCUT2D eigenvalue weighted by atomic mass is 16.2. The molecular weight excluding hydrogens is 264 g/mol. The maximum atomic E-state index is 10.7. The van der Waals surface area contributed by atoms with Crippen molar-refractivity contribution in [2.75, 3.05) is 0 Å². The Kier molecular flexibility index (Phi) is 4.63. The quantitative estimate of drug-likeness (QED) is 0.629. The molecule has 2 rings (SSSR count). The molecule has 0 atom stereocenters. The third-order valence-corrected chi connectivity index (χ3v) is 2.57. The molecule has 2 N–H and O–H groups in total. The fourth-order valence-electron chi connectivity index (χ4n) is 1.38. The van der Waals surface area contributed by atoms with Gasteiger partial charge in [-0.1, -0.05) is 0 Å². The minimum Gasteiger partial charge on any atom is -0.303 e. The van der Waals surface area contributed by atoms with Gasteiger partial charge in [0, 0.05) is 37.6 Å². The Labute approximate surface area is 113 Å². The van der Waals surface area contributed by atoms with Crippen LogP contribution in [0.15, 0.2) is 31.6 Å². The van der Waals surface area contributed by atoms with Gasteiger partial charge in [-0.15, -0.1) is 0 Å². The van der Waals surface area contributed by atoms with Crippen LogP contribution in [0.1, 0.15) is 11.1 Å². The summed E-state index contributed by atoms with van der Waals surface area (Å²) < 4.78 is 2.66. The molecule has 0 fully saturated rings. The van der Waals surface area contributed by atoms with E-state index in [1.165, 1.54) is 21.5 Å². The summed E-state index contributed by atoms with van der Waals surface area (Å²) in [6, 6.07) is 0. The van der Waals surface area contributed by atoms with Crippen LogP contribution < -0.4 is 22.5 Å². The molecule has 8 heteroatoms. The largest absolute Gasteiger partial charge is 0.328 e. The normalized spacial score (nSPS) is 9.80. The maximum absolute atomic E-state index is 10.7. The standard InChI is InChI=1S/2C6H8N2O2/c2*1-4-3-8(2)6(10)7-5(4)9/h2*3H,1-2H3,(H,7,9,10). The van der Waals surface area contributed by atoms with Crippen LogP contribution in [0.5, 0.6) is 0 Å². The molecule has 2 aromatic rings. The van der Waals surface area contributed by atoms with E-state index in [0.29, 0.717) is 11.1 Å². The summed E-state index contributed by atoms with van der Waals surface area (Å²) in [6.07, 6.45) is 3.00. The van der Waals surface area contributed by atoms with Gasteiger partial charge in [0.15, 0.2) is 0 Å². The number of hydrogen-bond acceptors (Lipinski definition) is 4. The second-order valence-electron chi connectivity index (χ2n) is 4.36. The number of hydrogen-bond donors (Lipinski definition) is 2. The lowest BCUT2D eigenvalue weighted by Gasteiger charge is -1.94. The first-order chi connectivity index (χ1) is 9.22. The van der Waals surface area contributed by atoms with E-state index in [9.17, 15) is 19.2 Å². The number of aromatic nitrogens is 4. The van der Waals surface area contributed by atoms with Crippen molar-refractivity contribution in [1.82, 2.24) is 19.1 Å². The van der Waals surface area contributed by atoms with Crippen LogP contribution in [0.4, 0.5) is 0 Å². The first kappa shape index (κ1) is 15.4. The van der Waals surface area contributed by atoms with Crippen molar-refractivity contribution >= 4 is 0 Å². The molecule has 8 nitrogen and oxygen atoms in total. The van der Waals surface area contributed by atoms with Crippen molar-refractivity contribution in [3.8, 4) is 0 Å². The van der Waals surface area contributed by atoms with Crippen molar-refractivity contribution in [3.63, 3.8) is 0 Å². The van der Waals surface area contributed by atoms with Crippen LogP contribution >= 0.6 is 0 Å². The van der Waals surface area contributed by atoms with E-state index in [1.807, 2.05) is 0 Å². The SMILES string of the molecule is Cc1cn(C)c(=O)[nH]c1=O.Cc1cn(C)c(=O)[nH]c1=O. The van der Waals surface area contributed by atoms with E-state index < -0.39 is 0 Å². The summed E-state index contributed by atoms with van der Waals surface area (Å²) in [7, 11) is 3.18. The van der Waals surface area contributed by atoms with Crippen molar-refractivity contribution in [2.45, 2.75) is 13.8 Å². The molecule has 20 heavy (non-hydrogen) atoms. The molecule has 0 saturated heterocycles. The van der Waals surface area contributed by atoms with Gasteiger partial charge < -0.3 is 9.13 Å². The zero-order valence-corrected chi connectivity index (χ0v) is 11.7. The van der Waals surface area contributed by atoms with Crippen LogP contribution in [0.3, 0.4) is 0 Å². The second-order valence-corrected chi connectivity index (χ2v) is 4.36. The van der Waals surface area contributed by atoms with Crippen LogP contribution in [0.25, 0.3) is 0 Å². The Hall–Kier alpha value is -2.64. The second kappa shape index (κ2) is 6.00. The topological polar surface area (TPSA) is 110 Å².